The lowest BCUT2D eigenvalue weighted by atomic mass is 9.74. The van der Waals surface area contributed by atoms with Crippen LogP contribution in [-0.2, 0) is 4.79 Å². The van der Waals surface area contributed by atoms with E-state index in [-0.39, 0.29) is 5.41 Å². The quantitative estimate of drug-likeness (QED) is 0.834. The Morgan fingerprint density at radius 2 is 1.95 bits per heavy atom. The Morgan fingerprint density at radius 1 is 1.26 bits per heavy atom. The van der Waals surface area contributed by atoms with Crippen molar-refractivity contribution in [3.05, 3.63) is 0 Å². The number of piperidine rings is 1. The molecule has 1 atom stereocenters. The predicted molar refractivity (Wildman–Crippen MR) is 78.1 cm³/mol. The van der Waals surface area contributed by atoms with Gasteiger partial charge in [0.2, 0.25) is 5.91 Å². The summed E-state index contributed by atoms with van der Waals surface area (Å²) in [6, 6.07) is 0. The van der Waals surface area contributed by atoms with E-state index in [0.717, 1.165) is 45.8 Å². The predicted octanol–water partition coefficient (Wildman–Crippen LogP) is 1.18. The number of hydrogen-bond acceptors (Lipinski definition) is 3. The van der Waals surface area contributed by atoms with Crippen molar-refractivity contribution < 1.29 is 4.79 Å². The molecule has 0 aromatic heterocycles. The third-order valence-corrected chi connectivity index (χ3v) is 4.98. The summed E-state index contributed by atoms with van der Waals surface area (Å²) < 4.78 is 0. The van der Waals surface area contributed by atoms with E-state index < -0.39 is 0 Å². The summed E-state index contributed by atoms with van der Waals surface area (Å²) in [5.74, 6) is 0.843. The molecule has 1 amide bonds. The maximum atomic E-state index is 12.8. The number of likely N-dealkylation sites (N-methyl/N-ethyl adjacent to an activating group) is 1. The van der Waals surface area contributed by atoms with Crippen molar-refractivity contribution in [1.29, 1.82) is 0 Å². The zero-order valence-corrected chi connectivity index (χ0v) is 12.7. The lowest BCUT2D eigenvalue weighted by Gasteiger charge is -2.42. The van der Waals surface area contributed by atoms with Gasteiger partial charge in [-0.3, -0.25) is 4.79 Å². The van der Waals surface area contributed by atoms with Crippen LogP contribution in [0.2, 0.25) is 0 Å². The summed E-state index contributed by atoms with van der Waals surface area (Å²) in [6.07, 6.45) is 2.38. The molecule has 19 heavy (non-hydrogen) atoms. The van der Waals surface area contributed by atoms with Gasteiger partial charge in [0.1, 0.15) is 0 Å². The van der Waals surface area contributed by atoms with E-state index >= 15 is 0 Å². The summed E-state index contributed by atoms with van der Waals surface area (Å²) in [7, 11) is 0. The fourth-order valence-electron chi connectivity index (χ4n) is 3.32. The number of piperazine rings is 1. The maximum absolute atomic E-state index is 12.8. The number of amides is 1. The zero-order valence-electron chi connectivity index (χ0n) is 12.7. The Bertz CT molecular complexity index is 303. The molecule has 0 bridgehead atoms. The molecule has 0 aromatic rings. The minimum Gasteiger partial charge on any atom is -0.340 e. The molecule has 1 unspecified atom stereocenters. The molecule has 0 spiro atoms. The van der Waals surface area contributed by atoms with Crippen LogP contribution in [0, 0.1) is 11.3 Å². The fourth-order valence-corrected chi connectivity index (χ4v) is 3.32. The normalized spacial score (nSPS) is 26.5. The molecule has 4 nitrogen and oxygen atoms in total. The molecule has 2 saturated heterocycles. The molecular formula is C15H29N3O. The third kappa shape index (κ3) is 3.29. The Kier molecular flexibility index (Phi) is 4.85. The van der Waals surface area contributed by atoms with E-state index in [1.165, 1.54) is 12.8 Å². The van der Waals surface area contributed by atoms with Gasteiger partial charge in [-0.05, 0) is 38.4 Å². The number of rotatable bonds is 3. The van der Waals surface area contributed by atoms with Crippen molar-refractivity contribution in [3.63, 3.8) is 0 Å². The van der Waals surface area contributed by atoms with Gasteiger partial charge in [0.15, 0.2) is 0 Å². The number of carbonyl (C=O) groups is 1. The highest BCUT2D eigenvalue weighted by atomic mass is 16.2. The standard InChI is InChI=1S/C15H29N3O/c1-4-17-8-10-18(11-9-17)14(19)15(2,3)13-6-5-7-16-12-13/h13,16H,4-12H2,1-3H3. The van der Waals surface area contributed by atoms with E-state index in [0.29, 0.717) is 11.8 Å². The Hall–Kier alpha value is -0.610. The summed E-state index contributed by atoms with van der Waals surface area (Å²) in [5.41, 5.74) is -0.220. The van der Waals surface area contributed by atoms with Gasteiger partial charge < -0.3 is 15.1 Å². The van der Waals surface area contributed by atoms with Crippen LogP contribution in [0.4, 0.5) is 0 Å². The molecule has 2 aliphatic heterocycles. The Labute approximate surface area is 117 Å². The highest BCUT2D eigenvalue weighted by Crippen LogP contribution is 2.33. The highest BCUT2D eigenvalue weighted by Gasteiger charge is 2.40. The molecule has 2 heterocycles. The first-order valence-corrected chi connectivity index (χ1v) is 7.78. The summed E-state index contributed by atoms with van der Waals surface area (Å²) in [6.45, 7) is 13.5. The van der Waals surface area contributed by atoms with E-state index in [9.17, 15) is 4.79 Å². The second kappa shape index (κ2) is 6.23. The summed E-state index contributed by atoms with van der Waals surface area (Å²) in [4.78, 5) is 17.3. The van der Waals surface area contributed by atoms with Crippen LogP contribution in [0.15, 0.2) is 0 Å². The molecule has 0 aromatic carbocycles. The number of nitrogens with zero attached hydrogens (tertiary/aromatic N) is 2. The van der Waals surface area contributed by atoms with Crippen LogP contribution in [0.25, 0.3) is 0 Å². The fraction of sp³-hybridized carbons (Fsp3) is 0.933. The average molecular weight is 267 g/mol. The maximum Gasteiger partial charge on any atom is 0.228 e. The van der Waals surface area contributed by atoms with Gasteiger partial charge >= 0.3 is 0 Å². The first kappa shape index (κ1) is 14.8. The van der Waals surface area contributed by atoms with Crippen molar-refractivity contribution in [2.75, 3.05) is 45.8 Å². The first-order chi connectivity index (χ1) is 9.05. The first-order valence-electron chi connectivity index (χ1n) is 7.78. The molecule has 0 saturated carbocycles. The van der Waals surface area contributed by atoms with Crippen molar-refractivity contribution in [2.45, 2.75) is 33.6 Å². The molecule has 0 aliphatic carbocycles. The van der Waals surface area contributed by atoms with Crippen LogP contribution in [0.3, 0.4) is 0 Å². The van der Waals surface area contributed by atoms with Gasteiger partial charge in [-0.15, -0.1) is 0 Å². The van der Waals surface area contributed by atoms with Gasteiger partial charge in [-0.2, -0.15) is 0 Å². The van der Waals surface area contributed by atoms with Crippen molar-refractivity contribution in [2.24, 2.45) is 11.3 Å². The minimum atomic E-state index is -0.220. The van der Waals surface area contributed by atoms with E-state index in [1.807, 2.05) is 0 Å². The molecule has 0 radical (unpaired) electrons. The van der Waals surface area contributed by atoms with Gasteiger partial charge in [0.25, 0.3) is 0 Å². The molecule has 2 fully saturated rings. The van der Waals surface area contributed by atoms with Crippen LogP contribution in [0.5, 0.6) is 0 Å². The van der Waals surface area contributed by atoms with Gasteiger partial charge in [0.05, 0.1) is 0 Å². The molecule has 2 aliphatic rings. The van der Waals surface area contributed by atoms with E-state index in [4.69, 9.17) is 0 Å². The van der Waals surface area contributed by atoms with Gasteiger partial charge in [-0.25, -0.2) is 0 Å². The number of hydrogen-bond donors (Lipinski definition) is 1. The molecule has 110 valence electrons. The molecule has 1 N–H and O–H groups in total. The second-order valence-electron chi connectivity index (χ2n) is 6.49. The Morgan fingerprint density at radius 3 is 2.47 bits per heavy atom. The van der Waals surface area contributed by atoms with Crippen LogP contribution in [0.1, 0.15) is 33.6 Å². The molecular weight excluding hydrogens is 238 g/mol. The van der Waals surface area contributed by atoms with E-state index in [1.54, 1.807) is 0 Å². The Balaban J connectivity index is 1.94. The van der Waals surface area contributed by atoms with E-state index in [2.05, 4.69) is 35.9 Å². The van der Waals surface area contributed by atoms with Crippen LogP contribution < -0.4 is 5.32 Å². The van der Waals surface area contributed by atoms with Crippen molar-refractivity contribution in [3.8, 4) is 0 Å². The number of carbonyl (C=O) groups excluding carboxylic acids is 1. The molecule has 4 heteroatoms. The van der Waals surface area contributed by atoms with Crippen molar-refractivity contribution >= 4 is 5.91 Å². The number of nitrogens with one attached hydrogen (secondary N) is 1. The van der Waals surface area contributed by atoms with Crippen molar-refractivity contribution in [1.82, 2.24) is 15.1 Å². The van der Waals surface area contributed by atoms with Crippen LogP contribution in [-0.4, -0.2) is 61.5 Å². The second-order valence-corrected chi connectivity index (χ2v) is 6.49. The SMILES string of the molecule is CCN1CCN(C(=O)C(C)(C)C2CCCNC2)CC1. The highest BCUT2D eigenvalue weighted by molar-refractivity contribution is 5.82. The largest absolute Gasteiger partial charge is 0.340 e. The smallest absolute Gasteiger partial charge is 0.228 e. The monoisotopic (exact) mass is 267 g/mol. The van der Waals surface area contributed by atoms with Gasteiger partial charge in [-0.1, -0.05) is 20.8 Å². The lowest BCUT2D eigenvalue weighted by molar-refractivity contribution is -0.145. The minimum absolute atomic E-state index is 0.220. The third-order valence-electron chi connectivity index (χ3n) is 4.98. The zero-order chi connectivity index (χ0) is 13.9. The lowest BCUT2D eigenvalue weighted by Crippen LogP contribution is -2.54. The summed E-state index contributed by atoms with van der Waals surface area (Å²) >= 11 is 0. The topological polar surface area (TPSA) is 35.6 Å². The van der Waals surface area contributed by atoms with Crippen LogP contribution >= 0.6 is 0 Å². The molecule has 2 rings (SSSR count). The summed E-state index contributed by atoms with van der Waals surface area (Å²) in [5, 5.41) is 3.44. The van der Waals surface area contributed by atoms with Gasteiger partial charge in [0, 0.05) is 31.6 Å². The average Bonchev–Trinajstić information content (AvgIpc) is 2.47.